The van der Waals surface area contributed by atoms with Crippen molar-refractivity contribution in [1.29, 1.82) is 0 Å². The number of carbonyl (C=O) groups excluding carboxylic acids is 1. The molecule has 2 amide bonds. The van der Waals surface area contributed by atoms with Crippen molar-refractivity contribution in [3.05, 3.63) is 78.2 Å². The molecule has 1 N–H and O–H groups in total. The van der Waals surface area contributed by atoms with Gasteiger partial charge in [0.2, 0.25) is 5.88 Å². The lowest BCUT2D eigenvalue weighted by Crippen LogP contribution is -2.40. The third kappa shape index (κ3) is 4.20. The van der Waals surface area contributed by atoms with Crippen molar-refractivity contribution in [2.75, 3.05) is 26.2 Å². The maximum Gasteiger partial charge on any atom is 0.322 e. The Labute approximate surface area is 164 Å². The van der Waals surface area contributed by atoms with E-state index in [9.17, 15) is 4.79 Å². The minimum atomic E-state index is -0.450. The number of carbonyl (C=O) groups is 1. The molecule has 0 fully saturated rings. The number of pyridine rings is 2. The zero-order chi connectivity index (χ0) is 19.9. The molecular weight excluding hydrogens is 356 g/mol. The van der Waals surface area contributed by atoms with Crippen LogP contribution in [0, 0.1) is 0 Å². The number of aromatic nitrogens is 2. The minimum Gasteiger partial charge on any atom is -0.497 e. The predicted molar refractivity (Wildman–Crippen MR) is 107 cm³/mol. The fourth-order valence-electron chi connectivity index (χ4n) is 2.82. The molecule has 1 aromatic carbocycles. The van der Waals surface area contributed by atoms with E-state index in [1.165, 1.54) is 12.0 Å². The van der Waals surface area contributed by atoms with Crippen molar-refractivity contribution in [2.24, 2.45) is 0 Å². The second-order valence-electron chi connectivity index (χ2n) is 6.00. The first-order chi connectivity index (χ1) is 13.6. The van der Waals surface area contributed by atoms with Crippen molar-refractivity contribution in [3.8, 4) is 11.6 Å². The Kier molecular flexibility index (Phi) is 6.06. The van der Waals surface area contributed by atoms with Crippen LogP contribution in [0.4, 0.5) is 10.5 Å². The SMILES string of the molecule is COc1cccc(C(NC(=O)N(C)c2cccnc2OC)c2ccccn2)c1. The quantitative estimate of drug-likeness (QED) is 0.711. The van der Waals surface area contributed by atoms with Crippen LogP contribution in [0.25, 0.3) is 0 Å². The maximum absolute atomic E-state index is 13.0. The lowest BCUT2D eigenvalue weighted by atomic mass is 10.0. The van der Waals surface area contributed by atoms with Gasteiger partial charge in [-0.25, -0.2) is 9.78 Å². The Hall–Kier alpha value is -3.61. The Morgan fingerprint density at radius 1 is 1.00 bits per heavy atom. The molecule has 2 aromatic heterocycles. The molecule has 1 atom stereocenters. The molecule has 0 aliphatic heterocycles. The van der Waals surface area contributed by atoms with Crippen molar-refractivity contribution >= 4 is 11.7 Å². The third-order valence-electron chi connectivity index (χ3n) is 4.29. The van der Waals surface area contributed by atoms with E-state index in [4.69, 9.17) is 9.47 Å². The van der Waals surface area contributed by atoms with E-state index >= 15 is 0 Å². The molecule has 0 saturated heterocycles. The van der Waals surface area contributed by atoms with E-state index in [1.54, 1.807) is 38.7 Å². The van der Waals surface area contributed by atoms with E-state index in [-0.39, 0.29) is 6.03 Å². The molecule has 28 heavy (non-hydrogen) atoms. The monoisotopic (exact) mass is 378 g/mol. The highest BCUT2D eigenvalue weighted by Gasteiger charge is 2.23. The third-order valence-corrected chi connectivity index (χ3v) is 4.29. The van der Waals surface area contributed by atoms with Gasteiger partial charge >= 0.3 is 6.03 Å². The number of nitrogens with zero attached hydrogens (tertiary/aromatic N) is 3. The van der Waals surface area contributed by atoms with Crippen molar-refractivity contribution in [2.45, 2.75) is 6.04 Å². The van der Waals surface area contributed by atoms with E-state index in [0.717, 1.165) is 11.3 Å². The summed E-state index contributed by atoms with van der Waals surface area (Å²) in [4.78, 5) is 23.0. The van der Waals surface area contributed by atoms with Gasteiger partial charge in [-0.15, -0.1) is 0 Å². The van der Waals surface area contributed by atoms with Crippen molar-refractivity contribution < 1.29 is 14.3 Å². The lowest BCUT2D eigenvalue weighted by Gasteiger charge is -2.24. The van der Waals surface area contributed by atoms with Gasteiger partial charge in [-0.05, 0) is 42.0 Å². The lowest BCUT2D eigenvalue weighted by molar-refractivity contribution is 0.245. The Bertz CT molecular complexity index is 934. The molecule has 0 saturated carbocycles. The summed E-state index contributed by atoms with van der Waals surface area (Å²) in [7, 11) is 4.79. The zero-order valence-electron chi connectivity index (χ0n) is 16.0. The zero-order valence-corrected chi connectivity index (χ0v) is 16.0. The summed E-state index contributed by atoms with van der Waals surface area (Å²) in [6.45, 7) is 0. The number of rotatable bonds is 6. The Morgan fingerprint density at radius 3 is 2.54 bits per heavy atom. The molecule has 0 aliphatic rings. The summed E-state index contributed by atoms with van der Waals surface area (Å²) in [5, 5.41) is 3.04. The van der Waals surface area contributed by atoms with Crippen molar-refractivity contribution in [1.82, 2.24) is 15.3 Å². The van der Waals surface area contributed by atoms with Gasteiger partial charge in [0.05, 0.1) is 26.0 Å². The van der Waals surface area contributed by atoms with Crippen LogP contribution in [-0.4, -0.2) is 37.3 Å². The van der Waals surface area contributed by atoms with Gasteiger partial charge in [-0.3, -0.25) is 9.88 Å². The topological polar surface area (TPSA) is 76.6 Å². The Balaban J connectivity index is 1.92. The van der Waals surface area contributed by atoms with Crippen LogP contribution in [0.3, 0.4) is 0 Å². The smallest absolute Gasteiger partial charge is 0.322 e. The van der Waals surface area contributed by atoms with Crippen LogP contribution in [-0.2, 0) is 0 Å². The van der Waals surface area contributed by atoms with Crippen LogP contribution in [0.15, 0.2) is 67.0 Å². The average Bonchev–Trinajstić information content (AvgIpc) is 2.77. The van der Waals surface area contributed by atoms with E-state index in [1.807, 2.05) is 42.5 Å². The van der Waals surface area contributed by atoms with Gasteiger partial charge in [-0.2, -0.15) is 0 Å². The van der Waals surface area contributed by atoms with Crippen molar-refractivity contribution in [3.63, 3.8) is 0 Å². The van der Waals surface area contributed by atoms with Crippen LogP contribution in [0.2, 0.25) is 0 Å². The van der Waals surface area contributed by atoms with Gasteiger partial charge in [0.1, 0.15) is 11.4 Å². The number of nitrogens with one attached hydrogen (secondary N) is 1. The van der Waals surface area contributed by atoms with Crippen LogP contribution < -0.4 is 19.7 Å². The molecule has 0 radical (unpaired) electrons. The summed E-state index contributed by atoms with van der Waals surface area (Å²) in [6.07, 6.45) is 3.31. The molecular formula is C21H22N4O3. The first-order valence-corrected chi connectivity index (χ1v) is 8.72. The van der Waals surface area contributed by atoms with Gasteiger partial charge in [0.15, 0.2) is 0 Å². The van der Waals surface area contributed by atoms with E-state index in [2.05, 4.69) is 15.3 Å². The molecule has 0 aliphatic carbocycles. The van der Waals surface area contributed by atoms with Crippen LogP contribution in [0.5, 0.6) is 11.6 Å². The normalized spacial score (nSPS) is 11.4. The molecule has 3 aromatic rings. The largest absolute Gasteiger partial charge is 0.497 e. The van der Waals surface area contributed by atoms with Crippen LogP contribution >= 0.6 is 0 Å². The van der Waals surface area contributed by atoms with Gasteiger partial charge in [0.25, 0.3) is 0 Å². The molecule has 7 heteroatoms. The molecule has 0 bridgehead atoms. The average molecular weight is 378 g/mol. The van der Waals surface area contributed by atoms with E-state index in [0.29, 0.717) is 17.3 Å². The number of urea groups is 1. The van der Waals surface area contributed by atoms with E-state index < -0.39 is 6.04 Å². The number of anilines is 1. The first-order valence-electron chi connectivity index (χ1n) is 8.72. The maximum atomic E-state index is 13.0. The fraction of sp³-hybridized carbons (Fsp3) is 0.190. The Morgan fingerprint density at radius 2 is 1.82 bits per heavy atom. The number of benzene rings is 1. The van der Waals surface area contributed by atoms with Gasteiger partial charge in [0, 0.05) is 19.4 Å². The summed E-state index contributed by atoms with van der Waals surface area (Å²) < 4.78 is 10.6. The summed E-state index contributed by atoms with van der Waals surface area (Å²) in [5.41, 5.74) is 2.14. The molecule has 2 heterocycles. The van der Waals surface area contributed by atoms with Gasteiger partial charge in [-0.1, -0.05) is 18.2 Å². The standard InChI is InChI=1S/C21H22N4O3/c1-25(18-11-7-13-23-20(18)28-3)21(26)24-19(17-10-4-5-12-22-17)15-8-6-9-16(14-15)27-2/h4-14,19H,1-3H3,(H,24,26). The molecule has 144 valence electrons. The first kappa shape index (κ1) is 19.2. The highest BCUT2D eigenvalue weighted by atomic mass is 16.5. The van der Waals surface area contributed by atoms with Gasteiger partial charge < -0.3 is 14.8 Å². The molecule has 3 rings (SSSR count). The number of methoxy groups -OCH3 is 2. The highest BCUT2D eigenvalue weighted by Crippen LogP contribution is 2.27. The molecule has 7 nitrogen and oxygen atoms in total. The minimum absolute atomic E-state index is 0.315. The summed E-state index contributed by atoms with van der Waals surface area (Å²) >= 11 is 0. The number of amides is 2. The number of hydrogen-bond acceptors (Lipinski definition) is 5. The van der Waals surface area contributed by atoms with Crippen LogP contribution in [0.1, 0.15) is 17.3 Å². The number of hydrogen-bond donors (Lipinski definition) is 1. The molecule has 0 spiro atoms. The second kappa shape index (κ2) is 8.85. The molecule has 1 unspecified atom stereocenters. The summed E-state index contributed by atoms with van der Waals surface area (Å²) in [6, 6.07) is 15.9. The number of ether oxygens (including phenoxy) is 2. The summed E-state index contributed by atoms with van der Waals surface area (Å²) in [5.74, 6) is 1.07. The predicted octanol–water partition coefficient (Wildman–Crippen LogP) is 3.43. The fourth-order valence-corrected chi connectivity index (χ4v) is 2.82. The highest BCUT2D eigenvalue weighted by molar-refractivity contribution is 5.93. The second-order valence-corrected chi connectivity index (χ2v) is 6.00.